The molecular formula is C15H13ClN4. The number of aryl methyl sites for hydroxylation is 1. The molecule has 4 nitrogen and oxygen atoms in total. The van der Waals surface area contributed by atoms with Crippen molar-refractivity contribution in [2.45, 2.75) is 12.8 Å². The van der Waals surface area contributed by atoms with E-state index in [2.05, 4.69) is 34.2 Å². The fourth-order valence-corrected chi connectivity index (χ4v) is 2.22. The zero-order valence-corrected chi connectivity index (χ0v) is 11.7. The highest BCUT2D eigenvalue weighted by Gasteiger charge is 2.14. The summed E-state index contributed by atoms with van der Waals surface area (Å²) in [5, 5.41) is 8.41. The van der Waals surface area contributed by atoms with Crippen LogP contribution in [-0.2, 0) is 5.88 Å². The second kappa shape index (κ2) is 5.43. The Morgan fingerprint density at radius 2 is 1.90 bits per heavy atom. The van der Waals surface area contributed by atoms with Crippen molar-refractivity contribution in [3.8, 4) is 17.1 Å². The van der Waals surface area contributed by atoms with E-state index in [-0.39, 0.29) is 0 Å². The third kappa shape index (κ3) is 2.30. The molecule has 0 unspecified atom stereocenters. The van der Waals surface area contributed by atoms with Gasteiger partial charge in [0.2, 0.25) is 0 Å². The number of halogens is 1. The Kier molecular flexibility index (Phi) is 3.48. The molecule has 1 aromatic carbocycles. The number of hydrogen-bond donors (Lipinski definition) is 0. The molecule has 3 rings (SSSR count). The van der Waals surface area contributed by atoms with Gasteiger partial charge in [0, 0.05) is 23.6 Å². The minimum atomic E-state index is 0.307. The Hall–Kier alpha value is -2.20. The molecule has 0 amide bonds. The van der Waals surface area contributed by atoms with Crippen LogP contribution in [0.5, 0.6) is 0 Å². The van der Waals surface area contributed by atoms with E-state index in [4.69, 9.17) is 11.6 Å². The summed E-state index contributed by atoms with van der Waals surface area (Å²) in [7, 11) is 0. The van der Waals surface area contributed by atoms with Gasteiger partial charge in [-0.05, 0) is 31.2 Å². The van der Waals surface area contributed by atoms with E-state index < -0.39 is 0 Å². The normalized spacial score (nSPS) is 10.7. The SMILES string of the molecule is Cc1ccc(-n2c(CCl)nnc2-c2cccnc2)cc1. The Morgan fingerprint density at radius 1 is 1.10 bits per heavy atom. The average Bonchev–Trinajstić information content (AvgIpc) is 2.93. The molecule has 2 aromatic heterocycles. The van der Waals surface area contributed by atoms with Crippen molar-refractivity contribution < 1.29 is 0 Å². The fraction of sp³-hybridized carbons (Fsp3) is 0.133. The minimum absolute atomic E-state index is 0.307. The first kappa shape index (κ1) is 12.8. The van der Waals surface area contributed by atoms with Crippen LogP contribution in [0, 0.1) is 6.92 Å². The Balaban J connectivity index is 2.18. The maximum Gasteiger partial charge on any atom is 0.170 e. The van der Waals surface area contributed by atoms with Gasteiger partial charge in [-0.25, -0.2) is 0 Å². The smallest absolute Gasteiger partial charge is 0.170 e. The zero-order valence-electron chi connectivity index (χ0n) is 11.0. The molecule has 0 aliphatic heterocycles. The first-order valence-electron chi connectivity index (χ1n) is 6.27. The monoisotopic (exact) mass is 284 g/mol. The standard InChI is InChI=1S/C15H13ClN4/c1-11-4-6-13(7-5-11)20-14(9-16)18-19-15(20)12-3-2-8-17-10-12/h2-8,10H,9H2,1H3. The van der Waals surface area contributed by atoms with Crippen molar-refractivity contribution in [1.82, 2.24) is 19.7 Å². The molecule has 0 aliphatic carbocycles. The van der Waals surface area contributed by atoms with E-state index in [9.17, 15) is 0 Å². The zero-order chi connectivity index (χ0) is 13.9. The lowest BCUT2D eigenvalue weighted by Gasteiger charge is -2.09. The van der Waals surface area contributed by atoms with Crippen LogP contribution >= 0.6 is 11.6 Å². The van der Waals surface area contributed by atoms with Crippen molar-refractivity contribution in [3.63, 3.8) is 0 Å². The van der Waals surface area contributed by atoms with Gasteiger partial charge < -0.3 is 0 Å². The maximum atomic E-state index is 5.98. The van der Waals surface area contributed by atoms with Crippen LogP contribution in [0.15, 0.2) is 48.8 Å². The van der Waals surface area contributed by atoms with Crippen molar-refractivity contribution in [2.24, 2.45) is 0 Å². The third-order valence-corrected chi connectivity index (χ3v) is 3.30. The first-order valence-corrected chi connectivity index (χ1v) is 6.81. The molecular weight excluding hydrogens is 272 g/mol. The van der Waals surface area contributed by atoms with Crippen molar-refractivity contribution in [2.75, 3.05) is 0 Å². The first-order chi connectivity index (χ1) is 9.79. The predicted molar refractivity (Wildman–Crippen MR) is 78.9 cm³/mol. The molecule has 5 heteroatoms. The summed E-state index contributed by atoms with van der Waals surface area (Å²) in [6.07, 6.45) is 3.51. The lowest BCUT2D eigenvalue weighted by atomic mass is 10.2. The summed E-state index contributed by atoms with van der Waals surface area (Å²) in [4.78, 5) is 4.13. The van der Waals surface area contributed by atoms with E-state index in [0.29, 0.717) is 5.88 Å². The van der Waals surface area contributed by atoms with Gasteiger partial charge >= 0.3 is 0 Å². The van der Waals surface area contributed by atoms with Gasteiger partial charge in [0.05, 0.1) is 5.88 Å². The lowest BCUT2D eigenvalue weighted by Crippen LogP contribution is -2.01. The van der Waals surface area contributed by atoms with Gasteiger partial charge in [0.15, 0.2) is 11.6 Å². The van der Waals surface area contributed by atoms with Crippen LogP contribution in [0.25, 0.3) is 17.1 Å². The predicted octanol–water partition coefficient (Wildman–Crippen LogP) is 3.38. The molecule has 0 spiro atoms. The number of pyridine rings is 1. The quantitative estimate of drug-likeness (QED) is 0.693. The molecule has 100 valence electrons. The number of rotatable bonds is 3. The highest BCUT2D eigenvalue weighted by atomic mass is 35.5. The van der Waals surface area contributed by atoms with Crippen LogP contribution in [0.2, 0.25) is 0 Å². The Labute approximate surface area is 122 Å². The van der Waals surface area contributed by atoms with Gasteiger partial charge in [-0.15, -0.1) is 21.8 Å². The van der Waals surface area contributed by atoms with Crippen LogP contribution in [0.4, 0.5) is 0 Å². The number of nitrogens with zero attached hydrogens (tertiary/aromatic N) is 4. The Bertz CT molecular complexity index is 704. The fourth-order valence-electron chi connectivity index (χ4n) is 2.05. The van der Waals surface area contributed by atoms with Gasteiger partial charge in [0.25, 0.3) is 0 Å². The van der Waals surface area contributed by atoms with Crippen LogP contribution < -0.4 is 0 Å². The summed E-state index contributed by atoms with van der Waals surface area (Å²) in [5.41, 5.74) is 3.12. The third-order valence-electron chi connectivity index (χ3n) is 3.06. The van der Waals surface area contributed by atoms with Crippen molar-refractivity contribution in [1.29, 1.82) is 0 Å². The van der Waals surface area contributed by atoms with Gasteiger partial charge in [-0.3, -0.25) is 9.55 Å². The number of aromatic nitrogens is 4. The molecule has 20 heavy (non-hydrogen) atoms. The largest absolute Gasteiger partial charge is 0.278 e. The van der Waals surface area contributed by atoms with E-state index in [1.54, 1.807) is 12.4 Å². The molecule has 0 fully saturated rings. The summed E-state index contributed by atoms with van der Waals surface area (Å²) < 4.78 is 1.96. The summed E-state index contributed by atoms with van der Waals surface area (Å²) in [6, 6.07) is 12.0. The number of alkyl halides is 1. The number of benzene rings is 1. The molecule has 0 radical (unpaired) electrons. The molecule has 0 aliphatic rings. The number of hydrogen-bond acceptors (Lipinski definition) is 3. The second-order valence-corrected chi connectivity index (χ2v) is 4.75. The van der Waals surface area contributed by atoms with Crippen LogP contribution in [0.3, 0.4) is 0 Å². The van der Waals surface area contributed by atoms with E-state index in [1.807, 2.05) is 28.8 Å². The van der Waals surface area contributed by atoms with Gasteiger partial charge in [-0.1, -0.05) is 17.7 Å². The van der Waals surface area contributed by atoms with Crippen molar-refractivity contribution in [3.05, 3.63) is 60.2 Å². The van der Waals surface area contributed by atoms with E-state index in [0.717, 1.165) is 22.9 Å². The van der Waals surface area contributed by atoms with Gasteiger partial charge in [0.1, 0.15) is 0 Å². The molecule has 0 saturated heterocycles. The maximum absolute atomic E-state index is 5.98. The lowest BCUT2D eigenvalue weighted by molar-refractivity contribution is 0.952. The van der Waals surface area contributed by atoms with E-state index in [1.165, 1.54) is 5.56 Å². The van der Waals surface area contributed by atoms with Crippen LogP contribution in [-0.4, -0.2) is 19.7 Å². The van der Waals surface area contributed by atoms with Crippen LogP contribution in [0.1, 0.15) is 11.4 Å². The van der Waals surface area contributed by atoms with Crippen molar-refractivity contribution >= 4 is 11.6 Å². The Morgan fingerprint density at radius 3 is 2.55 bits per heavy atom. The highest BCUT2D eigenvalue weighted by Crippen LogP contribution is 2.23. The summed E-state index contributed by atoms with van der Waals surface area (Å²) >= 11 is 5.98. The van der Waals surface area contributed by atoms with E-state index >= 15 is 0 Å². The summed E-state index contributed by atoms with van der Waals surface area (Å²) in [6.45, 7) is 2.06. The topological polar surface area (TPSA) is 43.6 Å². The summed E-state index contributed by atoms with van der Waals surface area (Å²) in [5.74, 6) is 1.77. The second-order valence-electron chi connectivity index (χ2n) is 4.49. The molecule has 0 saturated carbocycles. The molecule has 0 atom stereocenters. The molecule has 3 aromatic rings. The minimum Gasteiger partial charge on any atom is -0.278 e. The highest BCUT2D eigenvalue weighted by molar-refractivity contribution is 6.16. The molecule has 2 heterocycles. The molecule has 0 N–H and O–H groups in total. The average molecular weight is 285 g/mol. The molecule has 0 bridgehead atoms. The van der Waals surface area contributed by atoms with Gasteiger partial charge in [-0.2, -0.15) is 0 Å².